The van der Waals surface area contributed by atoms with Crippen LogP contribution in [0.2, 0.25) is 0 Å². The maximum absolute atomic E-state index is 14.5. The molecule has 0 aliphatic carbocycles. The summed E-state index contributed by atoms with van der Waals surface area (Å²) in [7, 11) is -0.730. The van der Waals surface area contributed by atoms with Gasteiger partial charge in [0.2, 0.25) is 5.91 Å². The van der Waals surface area contributed by atoms with Crippen LogP contribution in [0.1, 0.15) is 0 Å². The average Bonchev–Trinajstić information content (AvgIpc) is 2.73. The van der Waals surface area contributed by atoms with Gasteiger partial charge in [-0.2, -0.15) is 0 Å². The smallest absolute Gasteiger partial charge is 0.264 e. The van der Waals surface area contributed by atoms with E-state index in [-0.39, 0.29) is 16.5 Å². The highest BCUT2D eigenvalue weighted by atomic mass is 32.2. The molecule has 1 aliphatic rings. The van der Waals surface area contributed by atoms with Crippen molar-refractivity contribution in [3.63, 3.8) is 0 Å². The van der Waals surface area contributed by atoms with Gasteiger partial charge < -0.3 is 14.5 Å². The second-order valence-electron chi connectivity index (χ2n) is 6.82. The number of benzene rings is 2. The zero-order valence-electron chi connectivity index (χ0n) is 16.4. The molecule has 9 heteroatoms. The van der Waals surface area contributed by atoms with Crippen LogP contribution in [0.25, 0.3) is 0 Å². The summed E-state index contributed by atoms with van der Waals surface area (Å²) in [5.74, 6) is -0.580. The van der Waals surface area contributed by atoms with Crippen LogP contribution in [0.3, 0.4) is 0 Å². The van der Waals surface area contributed by atoms with Gasteiger partial charge in [0.05, 0.1) is 17.7 Å². The van der Waals surface area contributed by atoms with Crippen molar-refractivity contribution in [2.75, 3.05) is 51.2 Å². The molecule has 0 unspecified atom stereocenters. The number of nitrogens with zero attached hydrogens (tertiary/aromatic N) is 3. The predicted molar refractivity (Wildman–Crippen MR) is 108 cm³/mol. The van der Waals surface area contributed by atoms with E-state index in [0.717, 1.165) is 4.31 Å². The lowest BCUT2D eigenvalue weighted by atomic mass is 10.3. The number of sulfonamides is 1. The summed E-state index contributed by atoms with van der Waals surface area (Å²) >= 11 is 0. The van der Waals surface area contributed by atoms with E-state index in [4.69, 9.17) is 4.74 Å². The fourth-order valence-corrected chi connectivity index (χ4v) is 4.53. The van der Waals surface area contributed by atoms with Crippen molar-refractivity contribution < 1.29 is 22.3 Å². The Hall–Kier alpha value is -2.65. The van der Waals surface area contributed by atoms with Crippen LogP contribution in [-0.4, -0.2) is 71.0 Å². The van der Waals surface area contributed by atoms with E-state index in [1.165, 1.54) is 55.6 Å². The Balaban J connectivity index is 1.94. The second kappa shape index (κ2) is 8.79. The van der Waals surface area contributed by atoms with E-state index in [0.29, 0.717) is 31.9 Å². The van der Waals surface area contributed by atoms with Gasteiger partial charge in [-0.25, -0.2) is 12.8 Å². The highest BCUT2D eigenvalue weighted by Gasteiger charge is 2.31. The van der Waals surface area contributed by atoms with Gasteiger partial charge in [0, 0.05) is 26.2 Å². The molecule has 1 amide bonds. The maximum atomic E-state index is 14.5. The zero-order chi connectivity index (χ0) is 21.0. The standard InChI is InChI=1S/C20H24FN3O4S/c1-22-11-13-23(14-12-22)20(25)15-24(19-6-4-3-5-18(19)21)29(26,27)17-9-7-16(28-2)8-10-17/h3-10H,11-15H2,1-2H3. The number of ether oxygens (including phenoxy) is 1. The Labute approximate surface area is 170 Å². The second-order valence-corrected chi connectivity index (χ2v) is 8.68. The monoisotopic (exact) mass is 421 g/mol. The summed E-state index contributed by atoms with van der Waals surface area (Å²) < 4.78 is 47.0. The molecular formula is C20H24FN3O4S. The summed E-state index contributed by atoms with van der Waals surface area (Å²) in [6.45, 7) is 1.94. The number of carbonyl (C=O) groups excluding carboxylic acids is 1. The van der Waals surface area contributed by atoms with E-state index in [1.807, 2.05) is 7.05 Å². The number of anilines is 1. The van der Waals surface area contributed by atoms with Crippen molar-refractivity contribution in [1.82, 2.24) is 9.80 Å². The van der Waals surface area contributed by atoms with Gasteiger partial charge in [-0.1, -0.05) is 12.1 Å². The number of hydrogen-bond acceptors (Lipinski definition) is 5. The highest BCUT2D eigenvalue weighted by Crippen LogP contribution is 2.27. The summed E-state index contributed by atoms with van der Waals surface area (Å²) in [5.41, 5.74) is -0.161. The van der Waals surface area contributed by atoms with Gasteiger partial charge in [0.25, 0.3) is 10.0 Å². The molecule has 0 saturated carbocycles. The number of rotatable bonds is 6. The van der Waals surface area contributed by atoms with Crippen molar-refractivity contribution in [3.8, 4) is 5.75 Å². The maximum Gasteiger partial charge on any atom is 0.264 e. The van der Waals surface area contributed by atoms with Gasteiger partial charge in [-0.05, 0) is 43.4 Å². The third kappa shape index (κ3) is 4.68. The van der Waals surface area contributed by atoms with Gasteiger partial charge >= 0.3 is 0 Å². The minimum Gasteiger partial charge on any atom is -0.497 e. The largest absolute Gasteiger partial charge is 0.497 e. The van der Waals surface area contributed by atoms with Crippen LogP contribution in [0, 0.1) is 5.82 Å². The molecule has 2 aromatic carbocycles. The van der Waals surface area contributed by atoms with Crippen LogP contribution >= 0.6 is 0 Å². The number of hydrogen-bond donors (Lipinski definition) is 0. The fraction of sp³-hybridized carbons (Fsp3) is 0.350. The molecule has 1 aliphatic heterocycles. The normalized spacial score (nSPS) is 15.2. The van der Waals surface area contributed by atoms with E-state index in [2.05, 4.69) is 4.90 Å². The van der Waals surface area contributed by atoms with Crippen molar-refractivity contribution >= 4 is 21.6 Å². The number of amides is 1. The lowest BCUT2D eigenvalue weighted by Crippen LogP contribution is -2.51. The number of methoxy groups -OCH3 is 1. The fourth-order valence-electron chi connectivity index (χ4n) is 3.11. The summed E-state index contributed by atoms with van der Waals surface area (Å²) in [4.78, 5) is 16.5. The van der Waals surface area contributed by atoms with Crippen LogP contribution in [0.4, 0.5) is 10.1 Å². The minimum absolute atomic E-state index is 0.0484. The number of carbonyl (C=O) groups is 1. The molecule has 156 valence electrons. The summed E-state index contributed by atoms with van der Waals surface area (Å²) in [6, 6.07) is 11.3. The Bertz CT molecular complexity index is 958. The molecule has 2 aromatic rings. The third-order valence-corrected chi connectivity index (χ3v) is 6.68. The molecule has 0 bridgehead atoms. The van der Waals surface area contributed by atoms with E-state index >= 15 is 0 Å². The summed E-state index contributed by atoms with van der Waals surface area (Å²) in [6.07, 6.45) is 0. The van der Waals surface area contributed by atoms with Crippen molar-refractivity contribution in [2.24, 2.45) is 0 Å². The predicted octanol–water partition coefficient (Wildman–Crippen LogP) is 1.80. The van der Waals surface area contributed by atoms with E-state index in [9.17, 15) is 17.6 Å². The zero-order valence-corrected chi connectivity index (χ0v) is 17.2. The lowest BCUT2D eigenvalue weighted by molar-refractivity contribution is -0.131. The summed E-state index contributed by atoms with van der Waals surface area (Å²) in [5, 5.41) is 0. The Morgan fingerprint density at radius 3 is 2.28 bits per heavy atom. The van der Waals surface area contributed by atoms with Gasteiger partial charge in [-0.15, -0.1) is 0 Å². The molecule has 1 saturated heterocycles. The molecule has 29 heavy (non-hydrogen) atoms. The Morgan fingerprint density at radius 1 is 1.07 bits per heavy atom. The molecule has 0 aromatic heterocycles. The molecule has 7 nitrogen and oxygen atoms in total. The molecule has 0 radical (unpaired) electrons. The molecule has 0 N–H and O–H groups in total. The van der Waals surface area contributed by atoms with Crippen LogP contribution in [0.5, 0.6) is 5.75 Å². The first-order chi connectivity index (χ1) is 13.8. The van der Waals surface area contributed by atoms with E-state index < -0.39 is 22.4 Å². The highest BCUT2D eigenvalue weighted by molar-refractivity contribution is 7.92. The minimum atomic E-state index is -4.17. The van der Waals surface area contributed by atoms with E-state index in [1.54, 1.807) is 4.90 Å². The van der Waals surface area contributed by atoms with Crippen molar-refractivity contribution in [2.45, 2.75) is 4.90 Å². The number of likely N-dealkylation sites (N-methyl/N-ethyl adjacent to an activating group) is 1. The first-order valence-electron chi connectivity index (χ1n) is 9.20. The first-order valence-corrected chi connectivity index (χ1v) is 10.6. The molecule has 0 spiro atoms. The number of halogens is 1. The Kier molecular flexibility index (Phi) is 6.39. The molecule has 0 atom stereocenters. The molecule has 1 heterocycles. The van der Waals surface area contributed by atoms with Gasteiger partial charge in [0.15, 0.2) is 0 Å². The number of piperazine rings is 1. The van der Waals surface area contributed by atoms with Gasteiger partial charge in [0.1, 0.15) is 18.1 Å². The van der Waals surface area contributed by atoms with Crippen LogP contribution < -0.4 is 9.04 Å². The first kappa shape index (κ1) is 21.1. The van der Waals surface area contributed by atoms with Crippen LogP contribution in [-0.2, 0) is 14.8 Å². The molecule has 1 fully saturated rings. The average molecular weight is 421 g/mol. The van der Waals surface area contributed by atoms with Crippen molar-refractivity contribution in [1.29, 1.82) is 0 Å². The SMILES string of the molecule is COc1ccc(S(=O)(=O)N(CC(=O)N2CCN(C)CC2)c2ccccc2F)cc1. The quantitative estimate of drug-likeness (QED) is 0.712. The van der Waals surface area contributed by atoms with Crippen LogP contribution in [0.15, 0.2) is 53.4 Å². The Morgan fingerprint density at radius 2 is 1.69 bits per heavy atom. The lowest BCUT2D eigenvalue weighted by Gasteiger charge is -2.34. The third-order valence-electron chi connectivity index (χ3n) is 4.90. The number of para-hydroxylation sites is 1. The topological polar surface area (TPSA) is 70.2 Å². The molecule has 3 rings (SSSR count). The molecular weight excluding hydrogens is 397 g/mol. The van der Waals surface area contributed by atoms with Gasteiger partial charge in [-0.3, -0.25) is 9.10 Å². The van der Waals surface area contributed by atoms with Crippen molar-refractivity contribution in [3.05, 3.63) is 54.3 Å².